The van der Waals surface area contributed by atoms with Gasteiger partial charge in [0.2, 0.25) is 0 Å². The van der Waals surface area contributed by atoms with Crippen molar-refractivity contribution in [3.05, 3.63) is 35.8 Å². The van der Waals surface area contributed by atoms with Crippen LogP contribution in [-0.4, -0.2) is 66.1 Å². The molecule has 1 unspecified atom stereocenters. The Labute approximate surface area is 160 Å². The molecular formula is C18H27N5O3S. The fraction of sp³-hybridized carbons (Fsp3) is 0.556. The van der Waals surface area contributed by atoms with Crippen LogP contribution in [0.5, 0.6) is 0 Å². The highest BCUT2D eigenvalue weighted by Gasteiger charge is 2.29. The molecule has 1 amide bonds. The Hall–Kier alpha value is -1.97. The zero-order valence-electron chi connectivity index (χ0n) is 16.1. The minimum Gasteiger partial charge on any atom is -0.334 e. The molecule has 9 heteroatoms. The summed E-state index contributed by atoms with van der Waals surface area (Å²) in [6.45, 7) is 2.95. The minimum atomic E-state index is -3.45. The lowest BCUT2D eigenvalue weighted by atomic mass is 9.99. The van der Waals surface area contributed by atoms with Crippen molar-refractivity contribution in [1.29, 1.82) is 0 Å². The normalized spacial score (nSPS) is 18.4. The molecule has 8 nitrogen and oxygen atoms in total. The number of aryl methyl sites for hydroxylation is 1. The van der Waals surface area contributed by atoms with E-state index in [1.54, 1.807) is 6.20 Å². The second-order valence-electron chi connectivity index (χ2n) is 7.17. The third kappa shape index (κ3) is 4.31. The van der Waals surface area contributed by atoms with Gasteiger partial charge in [0.15, 0.2) is 0 Å². The third-order valence-corrected chi connectivity index (χ3v) is 6.56. The van der Waals surface area contributed by atoms with E-state index in [0.29, 0.717) is 25.2 Å². The number of nitrogens with zero attached hydrogens (tertiary/aromatic N) is 4. The predicted molar refractivity (Wildman–Crippen MR) is 104 cm³/mol. The first-order valence-electron chi connectivity index (χ1n) is 9.22. The molecule has 0 aromatic carbocycles. The van der Waals surface area contributed by atoms with Gasteiger partial charge in [-0.3, -0.25) is 4.79 Å². The van der Waals surface area contributed by atoms with Gasteiger partial charge < -0.3 is 9.30 Å². The molecule has 2 aromatic rings. The van der Waals surface area contributed by atoms with E-state index in [9.17, 15) is 13.2 Å². The molecule has 0 saturated carbocycles. The number of carbonyl (C=O) groups excluding carboxylic acids is 1. The molecule has 1 aliphatic rings. The smallest absolute Gasteiger partial charge is 0.278 e. The first-order chi connectivity index (χ1) is 12.8. The van der Waals surface area contributed by atoms with Crippen LogP contribution in [0.25, 0.3) is 5.65 Å². The number of piperidine rings is 1. The van der Waals surface area contributed by atoms with Gasteiger partial charge in [0.25, 0.3) is 16.1 Å². The van der Waals surface area contributed by atoms with E-state index in [1.807, 2.05) is 34.6 Å². The highest BCUT2D eigenvalue weighted by molar-refractivity contribution is 7.87. The summed E-state index contributed by atoms with van der Waals surface area (Å²) in [7, 11) is -0.466. The van der Waals surface area contributed by atoms with Gasteiger partial charge in [-0.2, -0.15) is 12.7 Å². The van der Waals surface area contributed by atoms with Crippen LogP contribution in [0.15, 0.2) is 24.5 Å². The van der Waals surface area contributed by atoms with E-state index in [2.05, 4.69) is 9.71 Å². The topological polar surface area (TPSA) is 87.0 Å². The highest BCUT2D eigenvalue weighted by atomic mass is 32.2. The lowest BCUT2D eigenvalue weighted by molar-refractivity contribution is 0.0598. The van der Waals surface area contributed by atoms with Gasteiger partial charge in [0.1, 0.15) is 11.3 Å². The molecule has 148 valence electrons. The molecule has 0 spiro atoms. The Bertz CT molecular complexity index is 922. The summed E-state index contributed by atoms with van der Waals surface area (Å²) < 4.78 is 29.3. The second kappa shape index (κ2) is 7.95. The lowest BCUT2D eigenvalue weighted by Gasteiger charge is -2.35. The summed E-state index contributed by atoms with van der Waals surface area (Å²) in [6, 6.07) is 3.91. The average molecular weight is 394 g/mol. The van der Waals surface area contributed by atoms with Crippen molar-refractivity contribution >= 4 is 21.8 Å². The number of carbonyl (C=O) groups is 1. The average Bonchev–Trinajstić information content (AvgIpc) is 3.07. The standard InChI is InChI=1S/C18H27N5O3S/c1-14-7-6-11-22-13-16(20-17(14)22)18(24)23-12-5-4-8-15(23)9-10-19-27(25,26)21(2)3/h6-7,11,13,15,19H,4-5,8-10,12H2,1-3H3. The number of nitrogens with one attached hydrogen (secondary N) is 1. The van der Waals surface area contributed by atoms with Crippen LogP contribution in [0.1, 0.15) is 41.7 Å². The van der Waals surface area contributed by atoms with Gasteiger partial charge in [-0.05, 0) is 44.2 Å². The number of amides is 1. The highest BCUT2D eigenvalue weighted by Crippen LogP contribution is 2.22. The molecule has 1 N–H and O–H groups in total. The van der Waals surface area contributed by atoms with Crippen LogP contribution in [0, 0.1) is 6.92 Å². The minimum absolute atomic E-state index is 0.0158. The number of hydrogen-bond acceptors (Lipinski definition) is 4. The molecule has 1 saturated heterocycles. The molecule has 3 rings (SSSR count). The van der Waals surface area contributed by atoms with Crippen LogP contribution in [0.3, 0.4) is 0 Å². The maximum absolute atomic E-state index is 13.1. The Balaban J connectivity index is 1.72. The van der Waals surface area contributed by atoms with Crippen molar-refractivity contribution in [2.24, 2.45) is 0 Å². The number of pyridine rings is 1. The van der Waals surface area contributed by atoms with Gasteiger partial charge >= 0.3 is 0 Å². The molecule has 0 radical (unpaired) electrons. The maximum Gasteiger partial charge on any atom is 0.278 e. The van der Waals surface area contributed by atoms with Crippen molar-refractivity contribution in [3.63, 3.8) is 0 Å². The molecule has 27 heavy (non-hydrogen) atoms. The van der Waals surface area contributed by atoms with Crippen molar-refractivity contribution in [2.45, 2.75) is 38.6 Å². The number of rotatable bonds is 6. The first kappa shape index (κ1) is 19.8. The van der Waals surface area contributed by atoms with Gasteiger partial charge in [0, 0.05) is 45.6 Å². The van der Waals surface area contributed by atoms with Crippen LogP contribution in [0.2, 0.25) is 0 Å². The van der Waals surface area contributed by atoms with Gasteiger partial charge in [-0.25, -0.2) is 9.71 Å². The largest absolute Gasteiger partial charge is 0.334 e. The fourth-order valence-electron chi connectivity index (χ4n) is 3.46. The molecule has 2 aromatic heterocycles. The Kier molecular flexibility index (Phi) is 5.83. The van der Waals surface area contributed by atoms with Crippen LogP contribution < -0.4 is 4.72 Å². The fourth-order valence-corrected chi connectivity index (χ4v) is 4.09. The second-order valence-corrected chi connectivity index (χ2v) is 9.14. The lowest BCUT2D eigenvalue weighted by Crippen LogP contribution is -2.46. The monoisotopic (exact) mass is 393 g/mol. The summed E-state index contributed by atoms with van der Waals surface area (Å²) in [5, 5.41) is 0. The van der Waals surface area contributed by atoms with E-state index in [-0.39, 0.29) is 11.9 Å². The zero-order chi connectivity index (χ0) is 19.6. The Morgan fingerprint density at radius 2 is 2.15 bits per heavy atom. The number of hydrogen-bond donors (Lipinski definition) is 1. The van der Waals surface area contributed by atoms with E-state index >= 15 is 0 Å². The van der Waals surface area contributed by atoms with Crippen LogP contribution >= 0.6 is 0 Å². The third-order valence-electron chi connectivity index (χ3n) is 5.03. The molecule has 1 fully saturated rings. The summed E-state index contributed by atoms with van der Waals surface area (Å²) >= 11 is 0. The van der Waals surface area contributed by atoms with Crippen LogP contribution in [0.4, 0.5) is 0 Å². The molecule has 1 aliphatic heterocycles. The van der Waals surface area contributed by atoms with Gasteiger partial charge in [-0.1, -0.05) is 6.07 Å². The molecular weight excluding hydrogens is 366 g/mol. The van der Waals surface area contributed by atoms with Crippen molar-refractivity contribution < 1.29 is 13.2 Å². The predicted octanol–water partition coefficient (Wildman–Crippen LogP) is 1.42. The number of likely N-dealkylation sites (tertiary alicyclic amines) is 1. The first-order valence-corrected chi connectivity index (χ1v) is 10.7. The number of imidazole rings is 1. The molecule has 0 bridgehead atoms. The number of aromatic nitrogens is 2. The van der Waals surface area contributed by atoms with E-state index < -0.39 is 10.2 Å². The molecule has 3 heterocycles. The van der Waals surface area contributed by atoms with Crippen molar-refractivity contribution in [2.75, 3.05) is 27.2 Å². The maximum atomic E-state index is 13.1. The summed E-state index contributed by atoms with van der Waals surface area (Å²) in [5.41, 5.74) is 2.24. The van der Waals surface area contributed by atoms with Gasteiger partial charge in [0.05, 0.1) is 0 Å². The van der Waals surface area contributed by atoms with E-state index in [1.165, 1.54) is 14.1 Å². The quantitative estimate of drug-likeness (QED) is 0.804. The van der Waals surface area contributed by atoms with Crippen LogP contribution in [-0.2, 0) is 10.2 Å². The molecule has 0 aliphatic carbocycles. The summed E-state index contributed by atoms with van der Waals surface area (Å²) in [6.07, 6.45) is 7.12. The summed E-state index contributed by atoms with van der Waals surface area (Å²) in [4.78, 5) is 19.4. The van der Waals surface area contributed by atoms with Crippen molar-refractivity contribution in [3.8, 4) is 0 Å². The van der Waals surface area contributed by atoms with E-state index in [0.717, 1.165) is 34.8 Å². The Morgan fingerprint density at radius 1 is 1.37 bits per heavy atom. The number of fused-ring (bicyclic) bond motifs is 1. The van der Waals surface area contributed by atoms with E-state index in [4.69, 9.17) is 0 Å². The SMILES string of the molecule is Cc1cccn2cc(C(=O)N3CCCCC3CCNS(=O)(=O)N(C)C)nc12. The molecule has 1 atom stereocenters. The summed E-state index contributed by atoms with van der Waals surface area (Å²) in [5.74, 6) is -0.0849. The van der Waals surface area contributed by atoms with Gasteiger partial charge in [-0.15, -0.1) is 0 Å². The van der Waals surface area contributed by atoms with Crippen molar-refractivity contribution in [1.82, 2.24) is 23.3 Å². The Morgan fingerprint density at radius 3 is 2.85 bits per heavy atom. The zero-order valence-corrected chi connectivity index (χ0v) is 16.9.